The number of para-hydroxylation sites is 1. The van der Waals surface area contributed by atoms with E-state index in [0.717, 1.165) is 39.8 Å². The largest absolute Gasteiger partial charge is 0.467 e. The number of aromatic nitrogens is 1. The van der Waals surface area contributed by atoms with Crippen molar-refractivity contribution in [1.29, 1.82) is 0 Å². The number of carbonyl (C=O) groups is 1. The molecule has 5 rings (SSSR count). The third-order valence-electron chi connectivity index (χ3n) is 5.71. The minimum atomic E-state index is -0.483. The summed E-state index contributed by atoms with van der Waals surface area (Å²) in [6.45, 7) is 2.44. The van der Waals surface area contributed by atoms with Crippen molar-refractivity contribution in [2.24, 2.45) is 0 Å². The Hall–Kier alpha value is -3.18. The molecule has 1 saturated heterocycles. The van der Waals surface area contributed by atoms with Gasteiger partial charge in [-0.25, -0.2) is 9.78 Å². The maximum Gasteiger partial charge on any atom is 0.331 e. The number of carbonyl (C=O) groups excluding carboxylic acids is 1. The number of aryl methyl sites for hydroxylation is 1. The van der Waals surface area contributed by atoms with Crippen molar-refractivity contribution < 1.29 is 14.3 Å². The Kier molecular flexibility index (Phi) is 4.32. The third-order valence-corrected chi connectivity index (χ3v) is 5.71. The molecule has 0 bridgehead atoms. The van der Waals surface area contributed by atoms with Gasteiger partial charge in [0.1, 0.15) is 0 Å². The zero-order valence-electron chi connectivity index (χ0n) is 16.5. The van der Waals surface area contributed by atoms with Crippen molar-refractivity contribution >= 4 is 28.6 Å². The van der Waals surface area contributed by atoms with Crippen LogP contribution in [-0.2, 0) is 20.7 Å². The number of hydrogen-bond donors (Lipinski definition) is 0. The van der Waals surface area contributed by atoms with E-state index < -0.39 is 6.04 Å². The first kappa shape index (κ1) is 17.9. The highest BCUT2D eigenvalue weighted by molar-refractivity contribution is 5.91. The van der Waals surface area contributed by atoms with Crippen LogP contribution in [-0.4, -0.2) is 35.6 Å². The van der Waals surface area contributed by atoms with Crippen LogP contribution in [0, 0.1) is 0 Å². The van der Waals surface area contributed by atoms with Crippen molar-refractivity contribution in [3.8, 4) is 0 Å². The van der Waals surface area contributed by atoms with Crippen LogP contribution in [0.15, 0.2) is 54.6 Å². The summed E-state index contributed by atoms with van der Waals surface area (Å²) in [6.07, 6.45) is 2.76. The lowest BCUT2D eigenvalue weighted by Crippen LogP contribution is -2.36. The Labute approximate surface area is 169 Å². The van der Waals surface area contributed by atoms with E-state index in [1.807, 2.05) is 29.2 Å². The molecule has 0 aliphatic carbocycles. The number of ether oxygens (including phenoxy) is 2. The van der Waals surface area contributed by atoms with Gasteiger partial charge in [0.2, 0.25) is 0 Å². The number of fused-ring (bicyclic) bond motifs is 4. The van der Waals surface area contributed by atoms with Crippen molar-refractivity contribution in [2.75, 3.05) is 13.7 Å². The van der Waals surface area contributed by atoms with Gasteiger partial charge in [-0.05, 0) is 35.8 Å². The van der Waals surface area contributed by atoms with E-state index in [-0.39, 0.29) is 12.2 Å². The summed E-state index contributed by atoms with van der Waals surface area (Å²) in [5, 5.41) is 1.06. The first-order valence-corrected chi connectivity index (χ1v) is 9.88. The smallest absolute Gasteiger partial charge is 0.331 e. The molecule has 5 heteroatoms. The lowest BCUT2D eigenvalue weighted by atomic mass is 10.1. The van der Waals surface area contributed by atoms with Crippen LogP contribution < -0.4 is 0 Å². The molecular weight excluding hydrogens is 364 g/mol. The summed E-state index contributed by atoms with van der Waals surface area (Å²) in [5.41, 5.74) is 6.03. The fourth-order valence-electron chi connectivity index (χ4n) is 4.16. The Morgan fingerprint density at radius 1 is 1.24 bits per heavy atom. The molecule has 0 amide bonds. The molecule has 0 saturated carbocycles. The first-order chi connectivity index (χ1) is 14.2. The van der Waals surface area contributed by atoms with Crippen LogP contribution in [0.4, 0.5) is 0 Å². The van der Waals surface area contributed by atoms with E-state index in [1.165, 1.54) is 12.7 Å². The summed E-state index contributed by atoms with van der Waals surface area (Å²) < 4.78 is 11.1. The molecule has 3 heterocycles. The van der Waals surface area contributed by atoms with Crippen LogP contribution in [0.25, 0.3) is 22.7 Å². The summed E-state index contributed by atoms with van der Waals surface area (Å²) >= 11 is 0. The minimum absolute atomic E-state index is 0.294. The second-order valence-corrected chi connectivity index (χ2v) is 7.38. The molecule has 1 aromatic heterocycles. The predicted molar refractivity (Wildman–Crippen MR) is 112 cm³/mol. The summed E-state index contributed by atoms with van der Waals surface area (Å²) in [5.74, 6) is -0.294. The summed E-state index contributed by atoms with van der Waals surface area (Å²) in [7, 11) is 1.41. The molecule has 5 nitrogen and oxygen atoms in total. The number of rotatable bonds is 3. The van der Waals surface area contributed by atoms with E-state index in [4.69, 9.17) is 14.5 Å². The van der Waals surface area contributed by atoms with Crippen LogP contribution >= 0.6 is 0 Å². The van der Waals surface area contributed by atoms with Gasteiger partial charge in [0.25, 0.3) is 0 Å². The van der Waals surface area contributed by atoms with Gasteiger partial charge in [-0.2, -0.15) is 0 Å². The molecule has 0 spiro atoms. The molecule has 0 unspecified atom stereocenters. The Morgan fingerprint density at radius 3 is 2.79 bits per heavy atom. The molecule has 3 aromatic rings. The first-order valence-electron chi connectivity index (χ1n) is 9.88. The van der Waals surface area contributed by atoms with E-state index >= 15 is 0 Å². The van der Waals surface area contributed by atoms with Crippen LogP contribution in [0.3, 0.4) is 0 Å². The molecule has 2 atom stereocenters. The van der Waals surface area contributed by atoms with Gasteiger partial charge < -0.3 is 14.4 Å². The van der Waals surface area contributed by atoms with Crippen molar-refractivity contribution in [3.05, 3.63) is 77.0 Å². The van der Waals surface area contributed by atoms with E-state index in [1.54, 1.807) is 0 Å². The second-order valence-electron chi connectivity index (χ2n) is 7.38. The minimum Gasteiger partial charge on any atom is -0.467 e. The molecule has 1 fully saturated rings. The van der Waals surface area contributed by atoms with Gasteiger partial charge in [0, 0.05) is 10.9 Å². The highest BCUT2D eigenvalue weighted by Gasteiger charge is 2.48. The average molecular weight is 386 g/mol. The second kappa shape index (κ2) is 7.01. The maximum absolute atomic E-state index is 12.4. The number of esters is 1. The SMILES string of the molecule is CCc1ccc(/C=C2/c3nc4ccccc4cc3[C@@H]3OC[C@@H](C(=O)OC)N23)cc1. The Bertz CT molecular complexity index is 1120. The summed E-state index contributed by atoms with van der Waals surface area (Å²) in [6, 6.07) is 18.1. The van der Waals surface area contributed by atoms with Gasteiger partial charge in [-0.1, -0.05) is 49.4 Å². The molecule has 0 N–H and O–H groups in total. The fourth-order valence-corrected chi connectivity index (χ4v) is 4.16. The van der Waals surface area contributed by atoms with Gasteiger partial charge in [-0.3, -0.25) is 0 Å². The van der Waals surface area contributed by atoms with Crippen molar-refractivity contribution in [2.45, 2.75) is 25.6 Å². The quantitative estimate of drug-likeness (QED) is 0.632. The molecule has 29 heavy (non-hydrogen) atoms. The molecule has 2 aliphatic heterocycles. The van der Waals surface area contributed by atoms with E-state index in [9.17, 15) is 4.79 Å². The number of benzene rings is 2. The van der Waals surface area contributed by atoms with Gasteiger partial charge in [0.15, 0.2) is 12.3 Å². The molecule has 146 valence electrons. The van der Waals surface area contributed by atoms with Gasteiger partial charge in [0.05, 0.1) is 30.6 Å². The topological polar surface area (TPSA) is 51.7 Å². The highest BCUT2D eigenvalue weighted by atomic mass is 16.5. The van der Waals surface area contributed by atoms with Crippen molar-refractivity contribution in [3.63, 3.8) is 0 Å². The van der Waals surface area contributed by atoms with Crippen LogP contribution in [0.1, 0.15) is 35.5 Å². The number of pyridine rings is 1. The monoisotopic (exact) mass is 386 g/mol. The maximum atomic E-state index is 12.4. The number of nitrogens with zero attached hydrogens (tertiary/aromatic N) is 2. The highest BCUT2D eigenvalue weighted by Crippen LogP contribution is 2.47. The Morgan fingerprint density at radius 2 is 2.03 bits per heavy atom. The standard InChI is InChI=1S/C24H22N2O3/c1-3-15-8-10-16(11-9-15)12-20-22-18(13-17-6-4-5-7-19(17)25-22)23-26(20)21(14-29-23)24(27)28-2/h4-13,21,23H,3,14H2,1-2H3/b20-12-/t21-,23-/m0/s1. The van der Waals surface area contributed by atoms with E-state index in [2.05, 4.69) is 43.3 Å². The lowest BCUT2D eigenvalue weighted by Gasteiger charge is -2.23. The van der Waals surface area contributed by atoms with E-state index in [0.29, 0.717) is 6.61 Å². The van der Waals surface area contributed by atoms with Crippen LogP contribution in [0.5, 0.6) is 0 Å². The third kappa shape index (κ3) is 2.89. The number of hydrogen-bond acceptors (Lipinski definition) is 5. The predicted octanol–water partition coefficient (Wildman–Crippen LogP) is 4.18. The van der Waals surface area contributed by atoms with Crippen LogP contribution in [0.2, 0.25) is 0 Å². The average Bonchev–Trinajstić information content (AvgIpc) is 3.32. The van der Waals surface area contributed by atoms with Gasteiger partial charge in [-0.15, -0.1) is 0 Å². The number of methoxy groups -OCH3 is 1. The zero-order valence-corrected chi connectivity index (χ0v) is 16.5. The lowest BCUT2D eigenvalue weighted by molar-refractivity contribution is -0.144. The Balaban J connectivity index is 1.68. The van der Waals surface area contributed by atoms with Gasteiger partial charge >= 0.3 is 5.97 Å². The molecular formula is C24H22N2O3. The normalized spacial score (nSPS) is 21.4. The molecule has 0 radical (unpaired) electrons. The molecule has 2 aliphatic rings. The van der Waals surface area contributed by atoms with Crippen molar-refractivity contribution in [1.82, 2.24) is 9.88 Å². The zero-order chi connectivity index (χ0) is 20.0. The fraction of sp³-hybridized carbons (Fsp3) is 0.250. The molecule has 2 aromatic carbocycles. The summed E-state index contributed by atoms with van der Waals surface area (Å²) in [4.78, 5) is 19.4.